The molecule has 140 valence electrons. The molecule has 0 unspecified atom stereocenters. The zero-order chi connectivity index (χ0) is 19.4. The van der Waals surface area contributed by atoms with E-state index in [4.69, 9.17) is 4.74 Å². The maximum atomic E-state index is 13.2. The number of thiophene rings is 1. The third-order valence-corrected chi connectivity index (χ3v) is 5.91. The molecule has 2 aromatic heterocycles. The Labute approximate surface area is 163 Å². The van der Waals surface area contributed by atoms with Gasteiger partial charge in [-0.15, -0.1) is 22.7 Å². The second-order valence-corrected chi connectivity index (χ2v) is 7.84. The van der Waals surface area contributed by atoms with E-state index in [9.17, 15) is 14.0 Å². The number of hydrogen-bond acceptors (Lipinski definition) is 5. The van der Waals surface area contributed by atoms with Crippen LogP contribution in [0.25, 0.3) is 12.2 Å². The quantitative estimate of drug-likeness (QED) is 0.616. The van der Waals surface area contributed by atoms with Crippen LogP contribution in [0.5, 0.6) is 0 Å². The molecule has 0 aliphatic rings. The van der Waals surface area contributed by atoms with Crippen LogP contribution < -0.4 is 14.8 Å². The van der Waals surface area contributed by atoms with E-state index in [-0.39, 0.29) is 24.5 Å². The van der Waals surface area contributed by atoms with Gasteiger partial charge in [0.05, 0.1) is 23.8 Å². The lowest BCUT2D eigenvalue weighted by Crippen LogP contribution is -2.32. The Kier molecular flexibility index (Phi) is 6.03. The molecule has 0 fully saturated rings. The van der Waals surface area contributed by atoms with Crippen molar-refractivity contribution in [2.24, 2.45) is 0 Å². The topological polar surface area (TPSA) is 48.3 Å². The minimum absolute atomic E-state index is 0.187. The minimum atomic E-state index is -0.495. The van der Waals surface area contributed by atoms with Crippen molar-refractivity contribution in [2.45, 2.75) is 20.4 Å². The summed E-state index contributed by atoms with van der Waals surface area (Å²) >= 11 is 2.80. The van der Waals surface area contributed by atoms with Gasteiger partial charge in [0.1, 0.15) is 10.5 Å². The smallest absolute Gasteiger partial charge is 0.333 e. The van der Waals surface area contributed by atoms with Crippen LogP contribution in [0.2, 0.25) is 0 Å². The van der Waals surface area contributed by atoms with Crippen LogP contribution in [-0.4, -0.2) is 17.1 Å². The number of aryl methyl sites for hydroxylation is 1. The van der Waals surface area contributed by atoms with Crippen molar-refractivity contribution in [3.63, 3.8) is 0 Å². The number of carbonyl (C=O) groups excluding carboxylic acids is 1. The molecule has 0 amide bonds. The Morgan fingerprint density at radius 2 is 2.00 bits per heavy atom. The van der Waals surface area contributed by atoms with Gasteiger partial charge in [-0.3, -0.25) is 9.36 Å². The lowest BCUT2D eigenvalue weighted by molar-refractivity contribution is -0.135. The third kappa shape index (κ3) is 4.61. The van der Waals surface area contributed by atoms with E-state index in [1.165, 1.54) is 34.1 Å². The number of carbonyl (C=O) groups is 1. The summed E-state index contributed by atoms with van der Waals surface area (Å²) in [5.41, 5.74) is 1.68. The fraction of sp³-hybridized carbons (Fsp3) is 0.200. The molecule has 1 aromatic carbocycles. The van der Waals surface area contributed by atoms with E-state index in [0.717, 1.165) is 16.0 Å². The fourth-order valence-electron chi connectivity index (χ4n) is 2.50. The first kappa shape index (κ1) is 19.3. The summed E-state index contributed by atoms with van der Waals surface area (Å²) in [5, 5.41) is 1.97. The Balaban J connectivity index is 2.13. The predicted molar refractivity (Wildman–Crippen MR) is 107 cm³/mol. The van der Waals surface area contributed by atoms with Crippen LogP contribution in [0.1, 0.15) is 22.9 Å². The highest BCUT2D eigenvalue weighted by atomic mass is 32.1. The molecule has 0 aliphatic heterocycles. The van der Waals surface area contributed by atoms with Crippen LogP contribution in [-0.2, 0) is 16.1 Å². The van der Waals surface area contributed by atoms with E-state index in [0.29, 0.717) is 9.20 Å². The number of rotatable bonds is 5. The molecule has 0 N–H and O–H groups in total. The first-order valence-corrected chi connectivity index (χ1v) is 10.1. The first-order chi connectivity index (χ1) is 13.0. The second kappa shape index (κ2) is 8.45. The molecule has 0 radical (unpaired) electrons. The molecule has 0 aliphatic carbocycles. The molecule has 27 heavy (non-hydrogen) atoms. The Hall–Kier alpha value is -2.51. The normalized spacial score (nSPS) is 12.6. The summed E-state index contributed by atoms with van der Waals surface area (Å²) in [5.74, 6) is -0.831. The zero-order valence-corrected chi connectivity index (χ0v) is 16.5. The van der Waals surface area contributed by atoms with Gasteiger partial charge in [0.2, 0.25) is 0 Å². The summed E-state index contributed by atoms with van der Waals surface area (Å²) in [6.45, 7) is 4.22. The van der Waals surface area contributed by atoms with Crippen LogP contribution in [0.3, 0.4) is 0 Å². The molecule has 3 aromatic rings. The van der Waals surface area contributed by atoms with Crippen molar-refractivity contribution in [1.82, 2.24) is 4.57 Å². The molecule has 0 bridgehead atoms. The lowest BCUT2D eigenvalue weighted by Gasteiger charge is -2.03. The van der Waals surface area contributed by atoms with E-state index in [1.54, 1.807) is 30.4 Å². The fourth-order valence-corrected chi connectivity index (χ4v) is 4.45. The van der Waals surface area contributed by atoms with Gasteiger partial charge in [0.15, 0.2) is 0 Å². The van der Waals surface area contributed by atoms with E-state index < -0.39 is 5.97 Å². The molecular formula is C20H18FNO3S2. The van der Waals surface area contributed by atoms with Gasteiger partial charge in [0, 0.05) is 4.88 Å². The van der Waals surface area contributed by atoms with Gasteiger partial charge in [0.25, 0.3) is 5.56 Å². The number of esters is 1. The van der Waals surface area contributed by atoms with Gasteiger partial charge in [-0.05, 0) is 54.6 Å². The van der Waals surface area contributed by atoms with Crippen LogP contribution in [0.4, 0.5) is 4.39 Å². The van der Waals surface area contributed by atoms with Crippen molar-refractivity contribution in [2.75, 3.05) is 6.61 Å². The first-order valence-electron chi connectivity index (χ1n) is 8.36. The SMILES string of the molecule is CCOC(=O)/C=c1\s/c(=C\c2sccc2C)c(=O)n1Cc1ccc(F)cc1. The summed E-state index contributed by atoms with van der Waals surface area (Å²) in [6.07, 6.45) is 3.17. The highest BCUT2D eigenvalue weighted by Gasteiger charge is 2.09. The standard InChI is InChI=1S/C20H18FNO3S2/c1-3-25-19(23)11-18-22(12-14-4-6-15(21)7-5-14)20(24)17(27-18)10-16-13(2)8-9-26-16/h4-11H,3,12H2,1-2H3/b17-10-,18-11-. The molecular weight excluding hydrogens is 385 g/mol. The number of aromatic nitrogens is 1. The molecule has 0 saturated heterocycles. The second-order valence-electron chi connectivity index (χ2n) is 5.83. The lowest BCUT2D eigenvalue weighted by atomic mass is 10.2. The third-order valence-electron chi connectivity index (χ3n) is 3.88. The van der Waals surface area contributed by atoms with Crippen molar-refractivity contribution in [1.29, 1.82) is 0 Å². The molecule has 0 spiro atoms. The highest BCUT2D eigenvalue weighted by Crippen LogP contribution is 2.15. The molecule has 2 heterocycles. The molecule has 0 atom stereocenters. The maximum Gasteiger partial charge on any atom is 0.333 e. The Bertz CT molecular complexity index is 1120. The Morgan fingerprint density at radius 3 is 2.63 bits per heavy atom. The van der Waals surface area contributed by atoms with E-state index in [2.05, 4.69) is 0 Å². The Morgan fingerprint density at radius 1 is 1.26 bits per heavy atom. The number of hydrogen-bond donors (Lipinski definition) is 0. The van der Waals surface area contributed by atoms with Crippen LogP contribution in [0, 0.1) is 12.7 Å². The monoisotopic (exact) mass is 403 g/mol. The number of nitrogens with zero attached hydrogens (tertiary/aromatic N) is 1. The van der Waals surface area contributed by atoms with Crippen molar-refractivity contribution in [3.05, 3.63) is 77.1 Å². The number of halogens is 1. The largest absolute Gasteiger partial charge is 0.463 e. The van der Waals surface area contributed by atoms with Gasteiger partial charge in [-0.1, -0.05) is 12.1 Å². The summed E-state index contributed by atoms with van der Waals surface area (Å²) in [4.78, 5) is 25.9. The zero-order valence-electron chi connectivity index (χ0n) is 14.9. The van der Waals surface area contributed by atoms with E-state index in [1.807, 2.05) is 24.4 Å². The molecule has 0 saturated carbocycles. The maximum absolute atomic E-state index is 13.2. The predicted octanol–water partition coefficient (Wildman–Crippen LogP) is 2.64. The van der Waals surface area contributed by atoms with Crippen LogP contribution >= 0.6 is 22.7 Å². The van der Waals surface area contributed by atoms with Gasteiger partial charge < -0.3 is 4.74 Å². The minimum Gasteiger partial charge on any atom is -0.463 e. The number of thiazole rings is 1. The average molecular weight is 404 g/mol. The molecule has 4 nitrogen and oxygen atoms in total. The summed E-state index contributed by atoms with van der Waals surface area (Å²) < 4.78 is 20.7. The summed E-state index contributed by atoms with van der Waals surface area (Å²) in [6, 6.07) is 7.95. The van der Waals surface area contributed by atoms with Crippen molar-refractivity contribution >= 4 is 40.8 Å². The highest BCUT2D eigenvalue weighted by molar-refractivity contribution is 7.11. The van der Waals surface area contributed by atoms with Gasteiger partial charge in [-0.2, -0.15) is 0 Å². The van der Waals surface area contributed by atoms with Crippen LogP contribution in [0.15, 0.2) is 40.5 Å². The van der Waals surface area contributed by atoms with Crippen molar-refractivity contribution in [3.8, 4) is 0 Å². The number of ether oxygens (including phenoxy) is 1. The van der Waals surface area contributed by atoms with Gasteiger partial charge in [-0.25, -0.2) is 9.18 Å². The number of benzene rings is 1. The van der Waals surface area contributed by atoms with Crippen molar-refractivity contribution < 1.29 is 13.9 Å². The van der Waals surface area contributed by atoms with E-state index >= 15 is 0 Å². The average Bonchev–Trinajstić information content (AvgIpc) is 3.16. The molecule has 7 heteroatoms. The van der Waals surface area contributed by atoms with Gasteiger partial charge >= 0.3 is 5.97 Å². The summed E-state index contributed by atoms with van der Waals surface area (Å²) in [7, 11) is 0. The molecule has 3 rings (SSSR count).